The molecular weight excluding hydrogens is 510 g/mol. The predicted octanol–water partition coefficient (Wildman–Crippen LogP) is 10.1. The quantitative estimate of drug-likeness (QED) is 0.210. The summed E-state index contributed by atoms with van der Waals surface area (Å²) >= 11 is 0. The van der Waals surface area contributed by atoms with Crippen LogP contribution in [0.3, 0.4) is 0 Å². The van der Waals surface area contributed by atoms with Crippen molar-refractivity contribution in [2.45, 2.75) is 13.8 Å². The molecule has 0 atom stereocenters. The number of nitrogens with zero attached hydrogens (tertiary/aromatic N) is 3. The molecule has 3 heterocycles. The molecular formula is C39H27N3. The van der Waals surface area contributed by atoms with Crippen LogP contribution in [0.1, 0.15) is 11.1 Å². The van der Waals surface area contributed by atoms with Gasteiger partial charge in [-0.25, -0.2) is 0 Å². The van der Waals surface area contributed by atoms with Gasteiger partial charge in [0.2, 0.25) is 0 Å². The summed E-state index contributed by atoms with van der Waals surface area (Å²) in [5, 5.41) is 5.82. The van der Waals surface area contributed by atoms with Crippen molar-refractivity contribution < 1.29 is 0 Å². The lowest BCUT2D eigenvalue weighted by atomic mass is 9.86. The Bertz CT molecular complexity index is 2180. The number of aryl methyl sites for hydroxylation is 2. The monoisotopic (exact) mass is 537 g/mol. The van der Waals surface area contributed by atoms with Gasteiger partial charge in [0.05, 0.1) is 16.6 Å². The van der Waals surface area contributed by atoms with Crippen molar-refractivity contribution in [1.82, 2.24) is 15.0 Å². The molecule has 0 unspecified atom stereocenters. The van der Waals surface area contributed by atoms with Crippen LogP contribution in [0.25, 0.3) is 76.9 Å². The van der Waals surface area contributed by atoms with E-state index in [1.165, 1.54) is 49.5 Å². The summed E-state index contributed by atoms with van der Waals surface area (Å²) in [5.41, 5.74) is 12.4. The molecule has 0 spiro atoms. The van der Waals surface area contributed by atoms with E-state index in [2.05, 4.69) is 116 Å². The van der Waals surface area contributed by atoms with E-state index >= 15 is 0 Å². The van der Waals surface area contributed by atoms with Crippen LogP contribution in [0.15, 0.2) is 128 Å². The highest BCUT2D eigenvalue weighted by Crippen LogP contribution is 2.42. The Morgan fingerprint density at radius 2 is 1.10 bits per heavy atom. The first-order valence-corrected chi connectivity index (χ1v) is 14.3. The van der Waals surface area contributed by atoms with E-state index in [4.69, 9.17) is 9.97 Å². The van der Waals surface area contributed by atoms with Crippen LogP contribution in [0.2, 0.25) is 0 Å². The number of rotatable bonds is 3. The Balaban J connectivity index is 1.38. The molecule has 0 aliphatic carbocycles. The minimum atomic E-state index is 0.940. The van der Waals surface area contributed by atoms with E-state index in [1.54, 1.807) is 0 Å². The van der Waals surface area contributed by atoms with Crippen molar-refractivity contribution in [2.24, 2.45) is 0 Å². The van der Waals surface area contributed by atoms with Crippen molar-refractivity contribution >= 4 is 43.5 Å². The first-order valence-electron chi connectivity index (χ1n) is 14.3. The highest BCUT2D eigenvalue weighted by molar-refractivity contribution is 6.09. The van der Waals surface area contributed by atoms with Crippen LogP contribution in [-0.4, -0.2) is 15.0 Å². The van der Waals surface area contributed by atoms with E-state index in [0.717, 1.165) is 38.4 Å². The van der Waals surface area contributed by atoms with Gasteiger partial charge in [-0.1, -0.05) is 72.8 Å². The molecule has 3 heteroatoms. The fourth-order valence-corrected chi connectivity index (χ4v) is 6.41. The van der Waals surface area contributed by atoms with Crippen LogP contribution >= 0.6 is 0 Å². The third kappa shape index (κ3) is 3.86. The Morgan fingerprint density at radius 3 is 1.88 bits per heavy atom. The smallest absolute Gasteiger partial charge is 0.0967 e. The minimum Gasteiger partial charge on any atom is -0.256 e. The average Bonchev–Trinajstić information content (AvgIpc) is 3.05. The number of hydrogen-bond donors (Lipinski definition) is 0. The van der Waals surface area contributed by atoms with Gasteiger partial charge < -0.3 is 0 Å². The standard InChI is InChI=1S/C39H27N3/c1-24-19-28-11-7-17-40-37(28)33-16-15-27(21-34(24)33)31-13-6-14-32(36(31)26-9-4-3-5-10-26)30-22-35-25(2)20-29-12-8-18-41-38(29)39(35)42-23-30/h3-23H,1-2H3. The molecule has 0 saturated heterocycles. The molecule has 0 aliphatic heterocycles. The summed E-state index contributed by atoms with van der Waals surface area (Å²) in [6.45, 7) is 4.35. The summed E-state index contributed by atoms with van der Waals surface area (Å²) in [5.74, 6) is 0. The van der Waals surface area contributed by atoms with Crippen molar-refractivity contribution in [3.8, 4) is 33.4 Å². The zero-order valence-corrected chi connectivity index (χ0v) is 23.5. The lowest BCUT2D eigenvalue weighted by Crippen LogP contribution is -1.94. The topological polar surface area (TPSA) is 38.7 Å². The normalized spacial score (nSPS) is 11.6. The Hall–Kier alpha value is -5.41. The van der Waals surface area contributed by atoms with E-state index in [9.17, 15) is 0 Å². The van der Waals surface area contributed by atoms with Gasteiger partial charge in [-0.3, -0.25) is 15.0 Å². The van der Waals surface area contributed by atoms with Crippen LogP contribution in [0, 0.1) is 13.8 Å². The molecule has 0 N–H and O–H groups in total. The maximum absolute atomic E-state index is 5.00. The number of pyridine rings is 3. The molecule has 0 aliphatic rings. The number of benzene rings is 5. The molecule has 198 valence electrons. The lowest BCUT2D eigenvalue weighted by Gasteiger charge is -2.18. The lowest BCUT2D eigenvalue weighted by molar-refractivity contribution is 1.36. The van der Waals surface area contributed by atoms with Gasteiger partial charge in [0.15, 0.2) is 0 Å². The molecule has 3 aromatic heterocycles. The van der Waals surface area contributed by atoms with Crippen LogP contribution in [0.5, 0.6) is 0 Å². The molecule has 0 radical (unpaired) electrons. The SMILES string of the molecule is Cc1cc2cccnc2c2ccc(-c3cccc(-c4cnc5c(c4)c(C)cc4cccnc45)c3-c3ccccc3)cc12. The van der Waals surface area contributed by atoms with Crippen molar-refractivity contribution in [2.75, 3.05) is 0 Å². The van der Waals surface area contributed by atoms with Gasteiger partial charge in [-0.05, 0) is 94.6 Å². The molecule has 8 rings (SSSR count). The predicted molar refractivity (Wildman–Crippen MR) is 176 cm³/mol. The summed E-state index contributed by atoms with van der Waals surface area (Å²) < 4.78 is 0. The largest absolute Gasteiger partial charge is 0.256 e. The van der Waals surface area contributed by atoms with Gasteiger partial charge in [0.1, 0.15) is 0 Å². The highest BCUT2D eigenvalue weighted by atomic mass is 14.7. The molecule has 8 aromatic rings. The molecule has 0 saturated carbocycles. The minimum absolute atomic E-state index is 0.940. The molecule has 3 nitrogen and oxygen atoms in total. The summed E-state index contributed by atoms with van der Waals surface area (Å²) in [7, 11) is 0. The van der Waals surface area contributed by atoms with Gasteiger partial charge in [0.25, 0.3) is 0 Å². The van der Waals surface area contributed by atoms with Gasteiger partial charge >= 0.3 is 0 Å². The van der Waals surface area contributed by atoms with Gasteiger partial charge in [-0.2, -0.15) is 0 Å². The number of fused-ring (bicyclic) bond motifs is 6. The van der Waals surface area contributed by atoms with Crippen molar-refractivity contribution in [3.63, 3.8) is 0 Å². The molecule has 42 heavy (non-hydrogen) atoms. The van der Waals surface area contributed by atoms with Crippen LogP contribution < -0.4 is 0 Å². The van der Waals surface area contributed by atoms with Gasteiger partial charge in [-0.15, -0.1) is 0 Å². The van der Waals surface area contributed by atoms with E-state index in [0.29, 0.717) is 0 Å². The second-order valence-corrected chi connectivity index (χ2v) is 11.0. The average molecular weight is 538 g/mol. The van der Waals surface area contributed by atoms with E-state index < -0.39 is 0 Å². The van der Waals surface area contributed by atoms with E-state index in [-0.39, 0.29) is 0 Å². The second kappa shape index (κ2) is 9.60. The molecule has 0 fully saturated rings. The van der Waals surface area contributed by atoms with Crippen molar-refractivity contribution in [3.05, 3.63) is 139 Å². The molecule has 0 amide bonds. The fraction of sp³-hybridized carbons (Fsp3) is 0.0513. The van der Waals surface area contributed by atoms with E-state index in [1.807, 2.05) is 30.7 Å². The molecule has 5 aromatic carbocycles. The Labute approximate surface area is 244 Å². The fourth-order valence-electron chi connectivity index (χ4n) is 6.41. The Kier molecular flexibility index (Phi) is 5.58. The first-order chi connectivity index (χ1) is 20.7. The zero-order chi connectivity index (χ0) is 28.2. The zero-order valence-electron chi connectivity index (χ0n) is 23.5. The summed E-state index contributed by atoms with van der Waals surface area (Å²) in [6.07, 6.45) is 5.72. The van der Waals surface area contributed by atoms with Crippen molar-refractivity contribution in [1.29, 1.82) is 0 Å². The third-order valence-corrected chi connectivity index (χ3v) is 8.41. The molecule has 0 bridgehead atoms. The highest BCUT2D eigenvalue weighted by Gasteiger charge is 2.17. The second-order valence-electron chi connectivity index (χ2n) is 11.0. The maximum atomic E-state index is 5.00. The summed E-state index contributed by atoms with van der Waals surface area (Å²) in [6, 6.07) is 39.0. The number of aromatic nitrogens is 3. The van der Waals surface area contributed by atoms with Crippen LogP contribution in [0.4, 0.5) is 0 Å². The first kappa shape index (κ1) is 24.4. The van der Waals surface area contributed by atoms with Crippen LogP contribution in [-0.2, 0) is 0 Å². The Morgan fingerprint density at radius 1 is 0.429 bits per heavy atom. The number of hydrogen-bond acceptors (Lipinski definition) is 3. The summed E-state index contributed by atoms with van der Waals surface area (Å²) in [4.78, 5) is 14.4. The third-order valence-electron chi connectivity index (χ3n) is 8.41. The maximum Gasteiger partial charge on any atom is 0.0967 e. The van der Waals surface area contributed by atoms with Gasteiger partial charge in [0, 0.05) is 45.7 Å².